The number of hydrogen-bond acceptors (Lipinski definition) is 6. The van der Waals surface area contributed by atoms with Gasteiger partial charge in [0.05, 0.1) is 11.3 Å². The number of aryl methyl sites for hydroxylation is 2. The van der Waals surface area contributed by atoms with E-state index < -0.39 is 5.91 Å². The summed E-state index contributed by atoms with van der Waals surface area (Å²) < 4.78 is 0. The van der Waals surface area contributed by atoms with Gasteiger partial charge < -0.3 is 15.5 Å². The number of carbonyl (C=O) groups is 1. The SMILES string of the molecule is Cc1cc(N2CCN(c3ncccc3C(N)=O)CC2)nnc1C. The first-order chi connectivity index (χ1) is 11.1. The van der Waals surface area contributed by atoms with Crippen molar-refractivity contribution in [1.29, 1.82) is 0 Å². The third-order valence-electron chi connectivity index (χ3n) is 4.17. The van der Waals surface area contributed by atoms with E-state index in [2.05, 4.69) is 31.0 Å². The number of anilines is 2. The van der Waals surface area contributed by atoms with Crippen molar-refractivity contribution in [3.8, 4) is 0 Å². The van der Waals surface area contributed by atoms with Gasteiger partial charge in [-0.15, -0.1) is 5.10 Å². The Morgan fingerprint density at radius 1 is 1.13 bits per heavy atom. The summed E-state index contributed by atoms with van der Waals surface area (Å²) >= 11 is 0. The first-order valence-corrected chi connectivity index (χ1v) is 7.62. The number of hydrogen-bond donors (Lipinski definition) is 1. The summed E-state index contributed by atoms with van der Waals surface area (Å²) in [6, 6.07) is 5.50. The van der Waals surface area contributed by atoms with Gasteiger partial charge in [0.2, 0.25) is 0 Å². The van der Waals surface area contributed by atoms with Crippen LogP contribution < -0.4 is 15.5 Å². The second-order valence-corrected chi connectivity index (χ2v) is 5.68. The third-order valence-corrected chi connectivity index (χ3v) is 4.17. The van der Waals surface area contributed by atoms with Crippen molar-refractivity contribution >= 4 is 17.5 Å². The number of piperazine rings is 1. The molecule has 2 aromatic rings. The lowest BCUT2D eigenvalue weighted by Gasteiger charge is -2.36. The average Bonchev–Trinajstić information content (AvgIpc) is 2.57. The van der Waals surface area contributed by atoms with Crippen LogP contribution in [-0.4, -0.2) is 47.3 Å². The van der Waals surface area contributed by atoms with Crippen molar-refractivity contribution < 1.29 is 4.79 Å². The molecule has 0 atom stereocenters. The minimum absolute atomic E-state index is 0.449. The molecule has 0 bridgehead atoms. The molecule has 1 saturated heterocycles. The summed E-state index contributed by atoms with van der Waals surface area (Å²) in [5.74, 6) is 1.10. The lowest BCUT2D eigenvalue weighted by Crippen LogP contribution is -2.47. The topological polar surface area (TPSA) is 88.2 Å². The van der Waals surface area contributed by atoms with E-state index in [4.69, 9.17) is 5.73 Å². The third kappa shape index (κ3) is 3.08. The number of pyridine rings is 1. The van der Waals surface area contributed by atoms with Crippen LogP contribution in [0.3, 0.4) is 0 Å². The van der Waals surface area contributed by atoms with Gasteiger partial charge in [-0.2, -0.15) is 5.10 Å². The monoisotopic (exact) mass is 312 g/mol. The summed E-state index contributed by atoms with van der Waals surface area (Å²) in [7, 11) is 0. The predicted octanol–water partition coefficient (Wildman–Crippen LogP) is 0.914. The standard InChI is InChI=1S/C16H20N6O/c1-11-10-14(20-19-12(11)2)21-6-8-22(9-7-21)16-13(15(17)23)4-3-5-18-16/h3-5,10H,6-9H2,1-2H3,(H2,17,23). The molecule has 23 heavy (non-hydrogen) atoms. The van der Waals surface area contributed by atoms with Crippen LogP contribution in [0.4, 0.5) is 11.6 Å². The summed E-state index contributed by atoms with van der Waals surface area (Å²) in [4.78, 5) is 20.2. The Bertz CT molecular complexity index is 724. The summed E-state index contributed by atoms with van der Waals surface area (Å²) in [5.41, 5.74) is 7.99. The maximum absolute atomic E-state index is 11.5. The van der Waals surface area contributed by atoms with Crippen LogP contribution in [0.5, 0.6) is 0 Å². The van der Waals surface area contributed by atoms with Crippen molar-refractivity contribution in [3.05, 3.63) is 41.2 Å². The van der Waals surface area contributed by atoms with Gasteiger partial charge in [0.15, 0.2) is 5.82 Å². The Hall–Kier alpha value is -2.70. The quantitative estimate of drug-likeness (QED) is 0.906. The van der Waals surface area contributed by atoms with Gasteiger partial charge in [-0.1, -0.05) is 0 Å². The zero-order chi connectivity index (χ0) is 16.4. The molecule has 0 radical (unpaired) electrons. The van der Waals surface area contributed by atoms with Crippen molar-refractivity contribution in [2.75, 3.05) is 36.0 Å². The Morgan fingerprint density at radius 2 is 1.83 bits per heavy atom. The van der Waals surface area contributed by atoms with Gasteiger partial charge in [0.1, 0.15) is 5.82 Å². The second kappa shape index (κ2) is 6.20. The fourth-order valence-electron chi connectivity index (χ4n) is 2.68. The van der Waals surface area contributed by atoms with Gasteiger partial charge in [-0.05, 0) is 37.6 Å². The first-order valence-electron chi connectivity index (χ1n) is 7.62. The second-order valence-electron chi connectivity index (χ2n) is 5.68. The number of nitrogens with zero attached hydrogens (tertiary/aromatic N) is 5. The van der Waals surface area contributed by atoms with E-state index in [1.807, 2.05) is 13.8 Å². The summed E-state index contributed by atoms with van der Waals surface area (Å²) in [6.07, 6.45) is 1.68. The maximum Gasteiger partial charge on any atom is 0.252 e. The fourth-order valence-corrected chi connectivity index (χ4v) is 2.68. The minimum Gasteiger partial charge on any atom is -0.365 e. The molecule has 0 spiro atoms. The molecule has 1 aliphatic rings. The van der Waals surface area contributed by atoms with E-state index in [1.54, 1.807) is 18.3 Å². The smallest absolute Gasteiger partial charge is 0.252 e. The van der Waals surface area contributed by atoms with Gasteiger partial charge >= 0.3 is 0 Å². The molecule has 3 rings (SSSR count). The Labute approximate surface area is 135 Å². The first kappa shape index (κ1) is 15.2. The molecule has 0 aromatic carbocycles. The average molecular weight is 312 g/mol. The molecule has 1 fully saturated rings. The molecule has 1 aliphatic heterocycles. The summed E-state index contributed by atoms with van der Waals surface area (Å²) in [5, 5.41) is 8.46. The molecule has 7 heteroatoms. The lowest BCUT2D eigenvalue weighted by atomic mass is 10.2. The molecule has 2 N–H and O–H groups in total. The van der Waals surface area contributed by atoms with Gasteiger partial charge in [0.25, 0.3) is 5.91 Å². The lowest BCUT2D eigenvalue weighted by molar-refractivity contribution is 0.100. The van der Waals surface area contributed by atoms with Crippen LogP contribution in [0, 0.1) is 13.8 Å². The molecular weight excluding hydrogens is 292 g/mol. The van der Waals surface area contributed by atoms with Crippen LogP contribution in [0.15, 0.2) is 24.4 Å². The Kier molecular flexibility index (Phi) is 4.10. The van der Waals surface area contributed by atoms with E-state index >= 15 is 0 Å². The number of aromatic nitrogens is 3. The molecule has 120 valence electrons. The molecule has 7 nitrogen and oxygen atoms in total. The zero-order valence-corrected chi connectivity index (χ0v) is 13.4. The Morgan fingerprint density at radius 3 is 2.48 bits per heavy atom. The van der Waals surface area contributed by atoms with Crippen molar-refractivity contribution in [3.63, 3.8) is 0 Å². The minimum atomic E-state index is -0.449. The van der Waals surface area contributed by atoms with E-state index in [9.17, 15) is 4.79 Å². The highest BCUT2D eigenvalue weighted by Crippen LogP contribution is 2.21. The number of primary amides is 1. The van der Waals surface area contributed by atoms with E-state index in [0.29, 0.717) is 11.4 Å². The van der Waals surface area contributed by atoms with Gasteiger partial charge in [-0.25, -0.2) is 4.98 Å². The largest absolute Gasteiger partial charge is 0.365 e. The highest BCUT2D eigenvalue weighted by molar-refractivity contribution is 5.97. The number of amides is 1. The number of rotatable bonds is 3. The van der Waals surface area contributed by atoms with Crippen LogP contribution in [0.25, 0.3) is 0 Å². The maximum atomic E-state index is 11.5. The highest BCUT2D eigenvalue weighted by atomic mass is 16.1. The van der Waals surface area contributed by atoms with Crippen molar-refractivity contribution in [2.24, 2.45) is 5.73 Å². The van der Waals surface area contributed by atoms with E-state index in [-0.39, 0.29) is 0 Å². The number of nitrogens with two attached hydrogens (primary N) is 1. The molecule has 1 amide bonds. The van der Waals surface area contributed by atoms with Crippen molar-refractivity contribution in [1.82, 2.24) is 15.2 Å². The number of carbonyl (C=O) groups excluding carboxylic acids is 1. The van der Waals surface area contributed by atoms with Crippen molar-refractivity contribution in [2.45, 2.75) is 13.8 Å². The van der Waals surface area contributed by atoms with E-state index in [1.165, 1.54) is 0 Å². The molecule has 0 saturated carbocycles. The van der Waals surface area contributed by atoms with Gasteiger partial charge in [0, 0.05) is 32.4 Å². The van der Waals surface area contributed by atoms with Crippen LogP contribution in [0.2, 0.25) is 0 Å². The highest BCUT2D eigenvalue weighted by Gasteiger charge is 2.22. The molecule has 0 aliphatic carbocycles. The van der Waals surface area contributed by atoms with E-state index in [0.717, 1.165) is 43.3 Å². The molecule has 2 aromatic heterocycles. The van der Waals surface area contributed by atoms with Crippen LogP contribution in [-0.2, 0) is 0 Å². The normalized spacial score (nSPS) is 14.9. The fraction of sp³-hybridized carbons (Fsp3) is 0.375. The molecule has 0 unspecified atom stereocenters. The summed E-state index contributed by atoms with van der Waals surface area (Å²) in [6.45, 7) is 7.10. The Balaban J connectivity index is 1.74. The van der Waals surface area contributed by atoms with Crippen LogP contribution in [0.1, 0.15) is 21.6 Å². The van der Waals surface area contributed by atoms with Gasteiger partial charge in [-0.3, -0.25) is 4.79 Å². The van der Waals surface area contributed by atoms with Crippen LogP contribution >= 0.6 is 0 Å². The molecule has 3 heterocycles. The predicted molar refractivity (Wildman–Crippen MR) is 88.7 cm³/mol. The molecular formula is C16H20N6O. The zero-order valence-electron chi connectivity index (χ0n) is 13.4.